The van der Waals surface area contributed by atoms with Gasteiger partial charge in [0.25, 0.3) is 0 Å². The number of aromatic nitrogens is 1. The Morgan fingerprint density at radius 3 is 1.88 bits per heavy atom. The van der Waals surface area contributed by atoms with Gasteiger partial charge in [0.2, 0.25) is 0 Å². The first-order valence-corrected chi connectivity index (χ1v) is 11.5. The van der Waals surface area contributed by atoms with Gasteiger partial charge < -0.3 is 18.1 Å². The summed E-state index contributed by atoms with van der Waals surface area (Å²) < 4.78 is 47.8. The zero-order valence-corrected chi connectivity index (χ0v) is 16.5. The summed E-state index contributed by atoms with van der Waals surface area (Å²) in [7, 11) is -7.05. The average Bonchev–Trinajstić information content (AvgIpc) is 2.54. The van der Waals surface area contributed by atoms with Crippen LogP contribution in [-0.2, 0) is 27.2 Å². The largest absolute Gasteiger partial charge is 0.340 e. The van der Waals surface area contributed by atoms with Gasteiger partial charge in [-0.2, -0.15) is 0 Å². The van der Waals surface area contributed by atoms with Crippen LogP contribution in [0.4, 0.5) is 0 Å². The van der Waals surface area contributed by atoms with E-state index in [0.717, 1.165) is 0 Å². The maximum absolute atomic E-state index is 13.3. The molecule has 0 amide bonds. The van der Waals surface area contributed by atoms with E-state index in [1.807, 2.05) is 0 Å². The first kappa shape index (κ1) is 21.5. The summed E-state index contributed by atoms with van der Waals surface area (Å²) in [5, 5.41) is 0. The normalized spacial score (nSPS) is 13.8. The van der Waals surface area contributed by atoms with Crippen LogP contribution in [0.15, 0.2) is 24.4 Å². The summed E-state index contributed by atoms with van der Waals surface area (Å²) in [5.74, 6) is 0. The fourth-order valence-corrected chi connectivity index (χ4v) is 6.97. The predicted octanol–water partition coefficient (Wildman–Crippen LogP) is 4.65. The molecule has 0 saturated carbocycles. The van der Waals surface area contributed by atoms with Crippen LogP contribution in [0.1, 0.15) is 39.0 Å². The van der Waals surface area contributed by atoms with Gasteiger partial charge in [-0.15, -0.1) is 0 Å². The maximum atomic E-state index is 13.3. The lowest BCUT2D eigenvalue weighted by Gasteiger charge is -2.28. The van der Waals surface area contributed by atoms with E-state index in [1.54, 1.807) is 52.1 Å². The van der Waals surface area contributed by atoms with Crippen LogP contribution in [0.25, 0.3) is 0 Å². The van der Waals surface area contributed by atoms with Crippen LogP contribution in [0.3, 0.4) is 0 Å². The molecule has 0 spiro atoms. The molecule has 0 saturated heterocycles. The molecule has 1 heterocycles. The van der Waals surface area contributed by atoms with Crippen LogP contribution in [0.2, 0.25) is 0 Å². The highest BCUT2D eigenvalue weighted by atomic mass is 31.2. The molecule has 1 aromatic rings. The number of pyridine rings is 1. The topological polar surface area (TPSA) is 84.0 Å². The second kappa shape index (κ2) is 10.4. The first-order valence-electron chi connectivity index (χ1n) is 8.12. The van der Waals surface area contributed by atoms with Gasteiger partial charge in [-0.3, -0.25) is 14.1 Å². The van der Waals surface area contributed by atoms with Crippen molar-refractivity contribution in [3.8, 4) is 0 Å². The Morgan fingerprint density at radius 1 is 0.917 bits per heavy atom. The minimum absolute atomic E-state index is 0.122. The van der Waals surface area contributed by atoms with Crippen molar-refractivity contribution in [2.75, 3.05) is 32.6 Å². The third kappa shape index (κ3) is 6.07. The molecule has 138 valence electrons. The molecule has 1 aromatic heterocycles. The van der Waals surface area contributed by atoms with Crippen LogP contribution >= 0.6 is 15.2 Å². The molecular weight excluding hydrogens is 352 g/mol. The van der Waals surface area contributed by atoms with E-state index in [0.29, 0.717) is 5.69 Å². The van der Waals surface area contributed by atoms with E-state index >= 15 is 0 Å². The molecule has 0 aromatic carbocycles. The van der Waals surface area contributed by atoms with Crippen LogP contribution in [0, 0.1) is 0 Å². The van der Waals surface area contributed by atoms with E-state index in [1.165, 1.54) is 0 Å². The maximum Gasteiger partial charge on any atom is 0.340 e. The van der Waals surface area contributed by atoms with E-state index in [2.05, 4.69) is 4.98 Å². The van der Waals surface area contributed by atoms with Crippen LogP contribution in [-0.4, -0.2) is 37.6 Å². The molecular formula is C15H27NO6P2. The van der Waals surface area contributed by atoms with Crippen molar-refractivity contribution < 1.29 is 27.2 Å². The molecule has 1 atom stereocenters. The Morgan fingerprint density at radius 2 is 1.46 bits per heavy atom. The van der Waals surface area contributed by atoms with Crippen molar-refractivity contribution in [2.24, 2.45) is 0 Å². The monoisotopic (exact) mass is 379 g/mol. The molecule has 9 heteroatoms. The first-order chi connectivity index (χ1) is 11.4. The smallest absolute Gasteiger partial charge is 0.309 e. The van der Waals surface area contributed by atoms with Gasteiger partial charge in [0.05, 0.1) is 38.3 Å². The standard InChI is InChI=1S/C15H27NO6P2/c1-5-19-23(17,20-6-2)13-15(14-11-9-10-12-16-14)24(18,21-7-3)22-8-4/h9-12,15H,5-8,13H2,1-4H3. The SMILES string of the molecule is CCOP(=O)(CC(c1ccccn1)P(=O)(OCC)OCC)OCC. The number of rotatable bonds is 12. The van der Waals surface area contributed by atoms with Crippen LogP contribution < -0.4 is 0 Å². The Hall–Kier alpha value is -0.550. The average molecular weight is 379 g/mol. The second-order valence-corrected chi connectivity index (χ2v) is 9.10. The summed E-state index contributed by atoms with van der Waals surface area (Å²) in [4.78, 5) is 4.25. The highest BCUT2D eigenvalue weighted by molar-refractivity contribution is 7.58. The summed E-state index contributed by atoms with van der Waals surface area (Å²) in [6.45, 7) is 7.76. The third-order valence-corrected chi connectivity index (χ3v) is 7.93. The van der Waals surface area contributed by atoms with Gasteiger partial charge in [0.1, 0.15) is 5.66 Å². The second-order valence-electron chi connectivity index (χ2n) is 4.77. The molecule has 0 bridgehead atoms. The minimum atomic E-state index is -3.59. The Bertz CT molecular complexity index is 548. The Labute approximate surface area is 144 Å². The molecule has 0 radical (unpaired) electrons. The summed E-state index contributed by atoms with van der Waals surface area (Å²) in [6, 6.07) is 5.22. The summed E-state index contributed by atoms with van der Waals surface area (Å²) in [5.41, 5.74) is -0.357. The van der Waals surface area contributed by atoms with Gasteiger partial charge in [-0.1, -0.05) is 6.07 Å². The van der Waals surface area contributed by atoms with Crippen molar-refractivity contribution in [1.29, 1.82) is 0 Å². The van der Waals surface area contributed by atoms with Crippen molar-refractivity contribution in [3.63, 3.8) is 0 Å². The predicted molar refractivity (Wildman–Crippen MR) is 93.6 cm³/mol. The molecule has 0 aliphatic heterocycles. The van der Waals surface area contributed by atoms with Crippen molar-refractivity contribution in [3.05, 3.63) is 30.1 Å². The van der Waals surface area contributed by atoms with Crippen molar-refractivity contribution >= 4 is 15.2 Å². The van der Waals surface area contributed by atoms with Gasteiger partial charge >= 0.3 is 15.2 Å². The highest BCUT2D eigenvalue weighted by Crippen LogP contribution is 2.66. The lowest BCUT2D eigenvalue weighted by molar-refractivity contribution is 0.203. The zero-order chi connectivity index (χ0) is 18.1. The number of nitrogens with zero attached hydrogens (tertiary/aromatic N) is 1. The molecule has 7 nitrogen and oxygen atoms in total. The van der Waals surface area contributed by atoms with Gasteiger partial charge in [0, 0.05) is 6.20 Å². The molecule has 0 N–H and O–H groups in total. The molecule has 0 aliphatic rings. The van der Waals surface area contributed by atoms with E-state index in [-0.39, 0.29) is 32.6 Å². The quantitative estimate of drug-likeness (QED) is 0.489. The third-order valence-electron chi connectivity index (χ3n) is 3.08. The zero-order valence-electron chi connectivity index (χ0n) is 14.7. The van der Waals surface area contributed by atoms with E-state index in [9.17, 15) is 9.13 Å². The van der Waals surface area contributed by atoms with Crippen molar-refractivity contribution in [2.45, 2.75) is 33.4 Å². The van der Waals surface area contributed by atoms with E-state index in [4.69, 9.17) is 18.1 Å². The highest BCUT2D eigenvalue weighted by Gasteiger charge is 2.43. The fourth-order valence-electron chi connectivity index (χ4n) is 2.25. The Balaban J connectivity index is 3.27. The van der Waals surface area contributed by atoms with Gasteiger partial charge in [-0.05, 0) is 39.8 Å². The molecule has 0 fully saturated rings. The van der Waals surface area contributed by atoms with Gasteiger partial charge in [0.15, 0.2) is 0 Å². The summed E-state index contributed by atoms with van der Waals surface area (Å²) >= 11 is 0. The van der Waals surface area contributed by atoms with Crippen LogP contribution in [0.5, 0.6) is 0 Å². The fraction of sp³-hybridized carbons (Fsp3) is 0.667. The number of hydrogen-bond acceptors (Lipinski definition) is 7. The lowest BCUT2D eigenvalue weighted by atomic mass is 10.3. The molecule has 1 unspecified atom stereocenters. The minimum Gasteiger partial charge on any atom is -0.309 e. The Kier molecular flexibility index (Phi) is 9.35. The van der Waals surface area contributed by atoms with Crippen molar-refractivity contribution in [1.82, 2.24) is 4.98 Å². The lowest BCUT2D eigenvalue weighted by Crippen LogP contribution is -2.14. The van der Waals surface area contributed by atoms with E-state index < -0.39 is 20.9 Å². The molecule has 0 aliphatic carbocycles. The summed E-state index contributed by atoms with van der Waals surface area (Å²) in [6.07, 6.45) is 1.46. The molecule has 1 rings (SSSR count). The molecule has 24 heavy (non-hydrogen) atoms. The number of hydrogen-bond donors (Lipinski definition) is 0. The van der Waals surface area contributed by atoms with Gasteiger partial charge in [-0.25, -0.2) is 0 Å².